The van der Waals surface area contributed by atoms with Crippen molar-refractivity contribution in [2.75, 3.05) is 19.6 Å². The summed E-state index contributed by atoms with van der Waals surface area (Å²) in [5.41, 5.74) is 11.9. The van der Waals surface area contributed by atoms with Crippen LogP contribution in [0.25, 0.3) is 0 Å². The van der Waals surface area contributed by atoms with Crippen molar-refractivity contribution in [3.63, 3.8) is 0 Å². The van der Waals surface area contributed by atoms with E-state index in [4.69, 9.17) is 11.5 Å². The second kappa shape index (κ2) is 6.49. The number of hydrogen-bond donors (Lipinski definition) is 3. The Morgan fingerprint density at radius 1 is 1.35 bits per heavy atom. The molecule has 1 aliphatic rings. The Morgan fingerprint density at radius 2 is 2.05 bits per heavy atom. The quantitative estimate of drug-likeness (QED) is 0.681. The summed E-state index contributed by atoms with van der Waals surface area (Å²) in [7, 11) is 0. The van der Waals surface area contributed by atoms with Crippen molar-refractivity contribution in [3.8, 4) is 0 Å². The molecule has 0 aliphatic carbocycles. The van der Waals surface area contributed by atoms with Gasteiger partial charge in [-0.2, -0.15) is 0 Å². The fraction of sp³-hybridized carbons (Fsp3) is 0.429. The molecule has 2 amide bonds. The van der Waals surface area contributed by atoms with Gasteiger partial charge < -0.3 is 21.7 Å². The molecule has 6 nitrogen and oxygen atoms in total. The number of rotatable bonds is 4. The van der Waals surface area contributed by atoms with Crippen LogP contribution < -0.4 is 16.8 Å². The van der Waals surface area contributed by atoms with Gasteiger partial charge in [-0.3, -0.25) is 9.59 Å². The van der Waals surface area contributed by atoms with Gasteiger partial charge in [-0.15, -0.1) is 0 Å². The molecule has 5 N–H and O–H groups in total. The summed E-state index contributed by atoms with van der Waals surface area (Å²) in [5, 5.41) is 3.27. The van der Waals surface area contributed by atoms with Crippen LogP contribution in [0.4, 0.5) is 0 Å². The number of benzene rings is 1. The van der Waals surface area contributed by atoms with E-state index in [0.29, 0.717) is 13.1 Å². The lowest BCUT2D eigenvalue weighted by Crippen LogP contribution is -2.54. The van der Waals surface area contributed by atoms with Crippen molar-refractivity contribution in [2.24, 2.45) is 11.5 Å². The zero-order chi connectivity index (χ0) is 14.5. The van der Waals surface area contributed by atoms with Crippen molar-refractivity contribution in [2.45, 2.75) is 18.5 Å². The van der Waals surface area contributed by atoms with Gasteiger partial charge in [0.15, 0.2) is 0 Å². The molecule has 1 aromatic rings. The van der Waals surface area contributed by atoms with Gasteiger partial charge in [0.25, 0.3) is 0 Å². The van der Waals surface area contributed by atoms with E-state index < -0.39 is 11.9 Å². The normalized spacial score (nSPS) is 20.4. The Morgan fingerprint density at radius 3 is 2.70 bits per heavy atom. The lowest BCUT2D eigenvalue weighted by molar-refractivity contribution is -0.137. The number of nitrogens with zero attached hydrogens (tertiary/aromatic N) is 1. The number of piperazine rings is 1. The zero-order valence-corrected chi connectivity index (χ0v) is 11.3. The molecule has 0 radical (unpaired) electrons. The van der Waals surface area contributed by atoms with Gasteiger partial charge >= 0.3 is 0 Å². The maximum Gasteiger partial charge on any atom is 0.240 e. The Bertz CT molecular complexity index is 477. The number of nitrogens with one attached hydrogen (secondary N) is 1. The molecule has 1 unspecified atom stereocenters. The van der Waals surface area contributed by atoms with Crippen molar-refractivity contribution in [1.82, 2.24) is 10.2 Å². The second-order valence-corrected chi connectivity index (χ2v) is 4.94. The number of carbonyl (C=O) groups is 2. The fourth-order valence-electron chi connectivity index (χ4n) is 2.46. The topological polar surface area (TPSA) is 101 Å². The molecule has 1 heterocycles. The van der Waals surface area contributed by atoms with E-state index in [1.54, 1.807) is 4.90 Å². The SMILES string of the molecule is NC(=O)C[C@H](N)C(=O)N1CCNCC1c1ccccc1. The van der Waals surface area contributed by atoms with E-state index in [9.17, 15) is 9.59 Å². The van der Waals surface area contributed by atoms with Crippen LogP contribution in [0.15, 0.2) is 30.3 Å². The Labute approximate surface area is 118 Å². The number of amides is 2. The van der Waals surface area contributed by atoms with Crippen LogP contribution in [0.2, 0.25) is 0 Å². The molecule has 0 bridgehead atoms. The van der Waals surface area contributed by atoms with Crippen molar-refractivity contribution >= 4 is 11.8 Å². The van der Waals surface area contributed by atoms with Crippen LogP contribution in [0, 0.1) is 0 Å². The molecule has 6 heteroatoms. The minimum atomic E-state index is -0.864. The average Bonchev–Trinajstić information content (AvgIpc) is 2.46. The summed E-state index contributed by atoms with van der Waals surface area (Å²) in [6.45, 7) is 1.97. The number of primary amides is 1. The zero-order valence-electron chi connectivity index (χ0n) is 11.3. The number of nitrogens with two attached hydrogens (primary N) is 2. The van der Waals surface area contributed by atoms with Crippen LogP contribution in [0.3, 0.4) is 0 Å². The first-order valence-corrected chi connectivity index (χ1v) is 6.69. The molecule has 0 aromatic heterocycles. The molecule has 2 atom stereocenters. The Kier molecular flexibility index (Phi) is 4.70. The van der Waals surface area contributed by atoms with Gasteiger partial charge in [0.1, 0.15) is 0 Å². The molecule has 2 rings (SSSR count). The summed E-state index contributed by atoms with van der Waals surface area (Å²) in [4.78, 5) is 25.0. The number of hydrogen-bond acceptors (Lipinski definition) is 4. The van der Waals surface area contributed by atoms with Gasteiger partial charge in [-0.1, -0.05) is 30.3 Å². The van der Waals surface area contributed by atoms with E-state index in [-0.39, 0.29) is 18.4 Å². The Hall–Kier alpha value is -1.92. The smallest absolute Gasteiger partial charge is 0.240 e. The molecule has 0 saturated carbocycles. The van der Waals surface area contributed by atoms with E-state index in [0.717, 1.165) is 12.1 Å². The third-order valence-electron chi connectivity index (χ3n) is 3.45. The number of carbonyl (C=O) groups excluding carboxylic acids is 2. The van der Waals surface area contributed by atoms with Gasteiger partial charge in [-0.05, 0) is 5.56 Å². The first-order valence-electron chi connectivity index (χ1n) is 6.69. The predicted octanol–water partition coefficient (Wildman–Crippen LogP) is -0.638. The molecule has 1 fully saturated rings. The molecular formula is C14H20N4O2. The van der Waals surface area contributed by atoms with E-state index in [1.165, 1.54) is 0 Å². The minimum Gasteiger partial charge on any atom is -0.370 e. The maximum absolute atomic E-state index is 12.4. The third-order valence-corrected chi connectivity index (χ3v) is 3.45. The highest BCUT2D eigenvalue weighted by Gasteiger charge is 2.31. The lowest BCUT2D eigenvalue weighted by Gasteiger charge is -2.37. The molecule has 0 spiro atoms. The van der Waals surface area contributed by atoms with Gasteiger partial charge in [-0.25, -0.2) is 0 Å². The van der Waals surface area contributed by atoms with Gasteiger partial charge in [0.2, 0.25) is 11.8 Å². The molecule has 108 valence electrons. The summed E-state index contributed by atoms with van der Waals surface area (Å²) in [5.74, 6) is -0.781. The minimum absolute atomic E-state index is 0.0589. The van der Waals surface area contributed by atoms with Crippen LogP contribution >= 0.6 is 0 Å². The lowest BCUT2D eigenvalue weighted by atomic mass is 10.0. The van der Waals surface area contributed by atoms with Crippen LogP contribution in [-0.2, 0) is 9.59 Å². The van der Waals surface area contributed by atoms with Crippen LogP contribution in [0.5, 0.6) is 0 Å². The first kappa shape index (κ1) is 14.5. The maximum atomic E-state index is 12.4. The monoisotopic (exact) mass is 276 g/mol. The molecular weight excluding hydrogens is 256 g/mol. The second-order valence-electron chi connectivity index (χ2n) is 4.94. The summed E-state index contributed by atoms with van der Waals surface area (Å²) < 4.78 is 0. The summed E-state index contributed by atoms with van der Waals surface area (Å²) in [6.07, 6.45) is -0.121. The molecule has 20 heavy (non-hydrogen) atoms. The van der Waals surface area contributed by atoms with Crippen molar-refractivity contribution < 1.29 is 9.59 Å². The van der Waals surface area contributed by atoms with Gasteiger partial charge in [0.05, 0.1) is 18.5 Å². The Balaban J connectivity index is 2.15. The predicted molar refractivity (Wildman–Crippen MR) is 75.6 cm³/mol. The highest BCUT2D eigenvalue weighted by molar-refractivity contribution is 5.88. The van der Waals surface area contributed by atoms with Crippen molar-refractivity contribution in [1.29, 1.82) is 0 Å². The highest BCUT2D eigenvalue weighted by Crippen LogP contribution is 2.22. The largest absolute Gasteiger partial charge is 0.370 e. The molecule has 1 aromatic carbocycles. The summed E-state index contributed by atoms with van der Waals surface area (Å²) in [6, 6.07) is 8.86. The van der Waals surface area contributed by atoms with Crippen molar-refractivity contribution in [3.05, 3.63) is 35.9 Å². The van der Waals surface area contributed by atoms with Crippen LogP contribution in [0.1, 0.15) is 18.0 Å². The van der Waals surface area contributed by atoms with E-state index >= 15 is 0 Å². The first-order chi connectivity index (χ1) is 9.59. The van der Waals surface area contributed by atoms with Crippen LogP contribution in [-0.4, -0.2) is 42.4 Å². The average molecular weight is 276 g/mol. The standard InChI is InChI=1S/C14H20N4O2/c15-11(8-13(16)19)14(20)18-7-6-17-9-12(18)10-4-2-1-3-5-10/h1-5,11-12,17H,6-9,15H2,(H2,16,19)/t11-,12?/m0/s1. The van der Waals surface area contributed by atoms with E-state index in [1.807, 2.05) is 30.3 Å². The fourth-order valence-corrected chi connectivity index (χ4v) is 2.46. The van der Waals surface area contributed by atoms with Gasteiger partial charge in [0, 0.05) is 19.6 Å². The third kappa shape index (κ3) is 3.34. The highest BCUT2D eigenvalue weighted by atomic mass is 16.2. The molecule has 1 aliphatic heterocycles. The molecule has 1 saturated heterocycles. The summed E-state index contributed by atoms with van der Waals surface area (Å²) >= 11 is 0. The van der Waals surface area contributed by atoms with E-state index in [2.05, 4.69) is 5.32 Å².